The topological polar surface area (TPSA) is 12.9 Å². The zero-order valence-electron chi connectivity index (χ0n) is 9.81. The van der Waals surface area contributed by atoms with Gasteiger partial charge in [-0.05, 0) is 17.7 Å². The summed E-state index contributed by atoms with van der Waals surface area (Å²) in [4.78, 5) is 4.40. The summed E-state index contributed by atoms with van der Waals surface area (Å²) >= 11 is 0. The van der Waals surface area contributed by atoms with Gasteiger partial charge in [0.2, 0.25) is 0 Å². The van der Waals surface area contributed by atoms with Crippen molar-refractivity contribution in [2.75, 3.05) is 0 Å². The summed E-state index contributed by atoms with van der Waals surface area (Å²) in [6.45, 7) is 0. The molecule has 0 aliphatic carbocycles. The van der Waals surface area contributed by atoms with Gasteiger partial charge in [-0.3, -0.25) is 0 Å². The fourth-order valence-corrected chi connectivity index (χ4v) is 2.05. The van der Waals surface area contributed by atoms with Gasteiger partial charge in [-0.1, -0.05) is 48.5 Å². The highest BCUT2D eigenvalue weighted by Gasteiger charge is 2.03. The molecule has 2 aromatic carbocycles. The Kier molecular flexibility index (Phi) is 2.77. The summed E-state index contributed by atoms with van der Waals surface area (Å²) in [5.41, 5.74) is 2.52. The molecule has 18 heavy (non-hydrogen) atoms. The summed E-state index contributed by atoms with van der Waals surface area (Å²) in [7, 11) is 0. The first-order chi connectivity index (χ1) is 8.83. The highest BCUT2D eigenvalue weighted by molar-refractivity contribution is 5.79. The zero-order chi connectivity index (χ0) is 12.4. The van der Waals surface area contributed by atoms with Crippen LogP contribution in [0.5, 0.6) is 0 Å². The number of pyridine rings is 1. The molecule has 3 aromatic rings. The Bertz CT molecular complexity index is 677. The average Bonchev–Trinajstić information content (AvgIpc) is 2.41. The third-order valence-electron chi connectivity index (χ3n) is 2.96. The van der Waals surface area contributed by atoms with Crippen molar-refractivity contribution in [1.29, 1.82) is 0 Å². The van der Waals surface area contributed by atoms with Crippen LogP contribution in [0.1, 0.15) is 11.3 Å². The second-order valence-corrected chi connectivity index (χ2v) is 4.28. The van der Waals surface area contributed by atoms with Crippen LogP contribution in [-0.2, 0) is 6.42 Å². The van der Waals surface area contributed by atoms with E-state index in [0.717, 1.165) is 17.5 Å². The van der Waals surface area contributed by atoms with Crippen molar-refractivity contribution in [2.24, 2.45) is 0 Å². The van der Waals surface area contributed by atoms with Crippen molar-refractivity contribution in [3.05, 3.63) is 77.7 Å². The molecule has 2 heteroatoms. The summed E-state index contributed by atoms with van der Waals surface area (Å²) in [5, 5.41) is 0.840. The Labute approximate surface area is 105 Å². The van der Waals surface area contributed by atoms with Crippen LogP contribution >= 0.6 is 0 Å². The molecule has 3 rings (SSSR count). The first-order valence-electron chi connectivity index (χ1n) is 5.91. The molecule has 0 bridgehead atoms. The number of aromatic nitrogens is 1. The molecule has 0 saturated carbocycles. The van der Waals surface area contributed by atoms with E-state index in [1.54, 1.807) is 6.07 Å². The fraction of sp³-hybridized carbons (Fsp3) is 0.0625. The maximum atomic E-state index is 13.6. The number of para-hydroxylation sites is 1. The van der Waals surface area contributed by atoms with Gasteiger partial charge in [-0.2, -0.15) is 0 Å². The highest BCUT2D eigenvalue weighted by atomic mass is 19.1. The van der Waals surface area contributed by atoms with Crippen molar-refractivity contribution in [3.63, 3.8) is 0 Å². The molecule has 1 heterocycles. The number of benzene rings is 2. The number of halogens is 1. The second kappa shape index (κ2) is 4.57. The molecule has 0 radical (unpaired) electrons. The van der Waals surface area contributed by atoms with Gasteiger partial charge in [-0.25, -0.2) is 9.37 Å². The molecule has 0 aliphatic heterocycles. The van der Waals surface area contributed by atoms with Crippen molar-refractivity contribution < 1.29 is 4.39 Å². The summed E-state index contributed by atoms with van der Waals surface area (Å²) in [6.07, 6.45) is 0.727. The van der Waals surface area contributed by atoms with Gasteiger partial charge >= 0.3 is 0 Å². The molecular weight excluding hydrogens is 225 g/mol. The molecule has 1 aromatic heterocycles. The minimum absolute atomic E-state index is 0.262. The van der Waals surface area contributed by atoms with Gasteiger partial charge in [0, 0.05) is 17.5 Å². The van der Waals surface area contributed by atoms with Crippen LogP contribution in [0.3, 0.4) is 0 Å². The van der Waals surface area contributed by atoms with Crippen molar-refractivity contribution in [2.45, 2.75) is 6.42 Å². The summed E-state index contributed by atoms with van der Waals surface area (Å²) in [5.74, 6) is -0.262. The Morgan fingerprint density at radius 1 is 0.833 bits per heavy atom. The first-order valence-corrected chi connectivity index (χ1v) is 5.91. The lowest BCUT2D eigenvalue weighted by Crippen LogP contribution is -1.93. The summed E-state index contributed by atoms with van der Waals surface area (Å²) in [6, 6.07) is 19.0. The fourth-order valence-electron chi connectivity index (χ4n) is 2.05. The molecule has 0 unspecified atom stereocenters. The molecule has 0 spiro atoms. The molecule has 0 N–H and O–H groups in total. The lowest BCUT2D eigenvalue weighted by atomic mass is 10.1. The Morgan fingerprint density at radius 3 is 2.50 bits per heavy atom. The van der Waals surface area contributed by atoms with E-state index in [0.29, 0.717) is 5.52 Å². The smallest absolute Gasteiger partial charge is 0.149 e. The van der Waals surface area contributed by atoms with Crippen molar-refractivity contribution in [3.8, 4) is 0 Å². The molecule has 0 aliphatic rings. The molecule has 1 nitrogen and oxygen atoms in total. The third-order valence-corrected chi connectivity index (χ3v) is 2.96. The standard InChI is InChI=1S/C16H12FN/c17-15-8-4-7-13-9-10-14(18-16(13)15)11-12-5-2-1-3-6-12/h1-10H,11H2. The van der Waals surface area contributed by atoms with E-state index in [-0.39, 0.29) is 5.82 Å². The Balaban J connectivity index is 2.01. The maximum Gasteiger partial charge on any atom is 0.149 e. The lowest BCUT2D eigenvalue weighted by molar-refractivity contribution is 0.636. The van der Waals surface area contributed by atoms with Crippen molar-refractivity contribution >= 4 is 10.9 Å². The van der Waals surface area contributed by atoms with E-state index in [1.165, 1.54) is 11.6 Å². The predicted octanol–water partition coefficient (Wildman–Crippen LogP) is 3.96. The van der Waals surface area contributed by atoms with E-state index in [2.05, 4.69) is 4.98 Å². The van der Waals surface area contributed by atoms with Crippen molar-refractivity contribution in [1.82, 2.24) is 4.98 Å². The first kappa shape index (κ1) is 10.9. The van der Waals surface area contributed by atoms with E-state index in [1.807, 2.05) is 48.5 Å². The highest BCUT2D eigenvalue weighted by Crippen LogP contribution is 2.17. The lowest BCUT2D eigenvalue weighted by Gasteiger charge is -2.04. The molecule has 0 amide bonds. The number of hydrogen-bond donors (Lipinski definition) is 0. The van der Waals surface area contributed by atoms with Gasteiger partial charge < -0.3 is 0 Å². The van der Waals surface area contributed by atoms with Gasteiger partial charge in [0.1, 0.15) is 11.3 Å². The number of nitrogens with zero attached hydrogens (tertiary/aromatic N) is 1. The number of rotatable bonds is 2. The number of hydrogen-bond acceptors (Lipinski definition) is 1. The van der Waals surface area contributed by atoms with Gasteiger partial charge in [-0.15, -0.1) is 0 Å². The second-order valence-electron chi connectivity index (χ2n) is 4.28. The molecular formula is C16H12FN. The Morgan fingerprint density at radius 2 is 1.67 bits per heavy atom. The minimum atomic E-state index is -0.262. The van der Waals surface area contributed by atoms with E-state index in [9.17, 15) is 4.39 Å². The van der Waals surface area contributed by atoms with Crippen LogP contribution in [0.2, 0.25) is 0 Å². The number of fused-ring (bicyclic) bond motifs is 1. The van der Waals surface area contributed by atoms with Gasteiger partial charge in [0.15, 0.2) is 0 Å². The van der Waals surface area contributed by atoms with Crippen LogP contribution in [0.25, 0.3) is 10.9 Å². The van der Waals surface area contributed by atoms with Gasteiger partial charge in [0.05, 0.1) is 0 Å². The normalized spacial score (nSPS) is 10.7. The summed E-state index contributed by atoms with van der Waals surface area (Å²) < 4.78 is 13.6. The zero-order valence-corrected chi connectivity index (χ0v) is 9.81. The average molecular weight is 237 g/mol. The molecule has 0 atom stereocenters. The molecule has 88 valence electrons. The van der Waals surface area contributed by atoms with Crippen LogP contribution in [-0.4, -0.2) is 4.98 Å². The largest absolute Gasteiger partial charge is 0.249 e. The quantitative estimate of drug-likeness (QED) is 0.657. The van der Waals surface area contributed by atoms with E-state index < -0.39 is 0 Å². The third kappa shape index (κ3) is 2.09. The monoisotopic (exact) mass is 237 g/mol. The molecule has 0 fully saturated rings. The maximum absolute atomic E-state index is 13.6. The molecule has 0 saturated heterocycles. The minimum Gasteiger partial charge on any atom is -0.249 e. The van der Waals surface area contributed by atoms with Gasteiger partial charge in [0.25, 0.3) is 0 Å². The van der Waals surface area contributed by atoms with Crippen LogP contribution in [0, 0.1) is 5.82 Å². The van der Waals surface area contributed by atoms with Crippen LogP contribution in [0.4, 0.5) is 4.39 Å². The van der Waals surface area contributed by atoms with Crippen LogP contribution < -0.4 is 0 Å². The predicted molar refractivity (Wildman–Crippen MR) is 70.9 cm³/mol. The SMILES string of the molecule is Fc1cccc2ccc(Cc3ccccc3)nc12. The Hall–Kier alpha value is -2.22. The van der Waals surface area contributed by atoms with Crippen LogP contribution in [0.15, 0.2) is 60.7 Å². The van der Waals surface area contributed by atoms with E-state index >= 15 is 0 Å². The van der Waals surface area contributed by atoms with E-state index in [4.69, 9.17) is 0 Å².